The van der Waals surface area contributed by atoms with E-state index in [1.807, 2.05) is 6.08 Å². The van der Waals surface area contributed by atoms with Crippen LogP contribution in [0, 0.1) is 0 Å². The van der Waals surface area contributed by atoms with Gasteiger partial charge < -0.3 is 45.1 Å². The smallest absolute Gasteiger partial charge is 0.306 e. The minimum atomic E-state index is -1.62. The fourth-order valence-electron chi connectivity index (χ4n) is 8.33. The fourth-order valence-corrected chi connectivity index (χ4v) is 8.33. The number of nitrogens with one attached hydrogen (secondary N) is 1. The van der Waals surface area contributed by atoms with E-state index < -0.39 is 67.4 Å². The predicted octanol–water partition coefficient (Wildman–Crippen LogP) is 11.7. The maximum atomic E-state index is 13.3. The van der Waals surface area contributed by atoms with Crippen molar-refractivity contribution in [3.05, 3.63) is 48.6 Å². The highest BCUT2D eigenvalue weighted by Gasteiger charge is 2.47. The number of unbranched alkanes of at least 4 members (excludes halogenated alkanes) is 25. The van der Waals surface area contributed by atoms with Crippen LogP contribution < -0.4 is 5.32 Å². The zero-order valence-electron chi connectivity index (χ0n) is 42.8. The molecule has 67 heavy (non-hydrogen) atoms. The van der Waals surface area contributed by atoms with Crippen molar-refractivity contribution in [3.8, 4) is 0 Å². The summed E-state index contributed by atoms with van der Waals surface area (Å²) in [5.74, 6) is -1.22. The Bertz CT molecular complexity index is 1270. The van der Waals surface area contributed by atoms with Gasteiger partial charge in [0.05, 0.1) is 25.4 Å². The Morgan fingerprint density at radius 3 is 1.61 bits per heavy atom. The summed E-state index contributed by atoms with van der Waals surface area (Å²) < 4.78 is 17.5. The number of ether oxygens (including phenoxy) is 3. The van der Waals surface area contributed by atoms with Crippen LogP contribution in [-0.4, -0.2) is 99.6 Å². The minimum Gasteiger partial charge on any atom is -0.454 e. The molecule has 0 spiro atoms. The summed E-state index contributed by atoms with van der Waals surface area (Å²) in [7, 11) is 0. The first-order valence-corrected chi connectivity index (χ1v) is 27.4. The number of amides is 1. The van der Waals surface area contributed by atoms with Crippen LogP contribution in [-0.2, 0) is 23.8 Å². The Hall–Kier alpha value is -2.38. The summed E-state index contributed by atoms with van der Waals surface area (Å²) >= 11 is 0. The van der Waals surface area contributed by atoms with E-state index >= 15 is 0 Å². The van der Waals surface area contributed by atoms with Gasteiger partial charge in [-0.1, -0.05) is 198 Å². The molecule has 1 aliphatic heterocycles. The first-order valence-electron chi connectivity index (χ1n) is 27.4. The SMILES string of the molecule is CC/C=C/C/C=C/CCCCCCCCC(O)C(=O)NC(COC1OC(CO)C(O)C(O)C1OC(=O)CCCCC/C=C\CCCCCCCCC)C(O)/C=C/CCCCCCCCCCC. The van der Waals surface area contributed by atoms with Crippen molar-refractivity contribution in [2.24, 2.45) is 0 Å². The molecule has 1 amide bonds. The van der Waals surface area contributed by atoms with E-state index in [1.165, 1.54) is 89.9 Å². The molecular weight excluding hydrogens is 847 g/mol. The Balaban J connectivity index is 2.77. The molecule has 1 aliphatic rings. The van der Waals surface area contributed by atoms with Gasteiger partial charge in [0.2, 0.25) is 5.91 Å². The largest absolute Gasteiger partial charge is 0.454 e. The average molecular weight is 948 g/mol. The Labute approximate surface area is 408 Å². The molecule has 0 saturated carbocycles. The highest BCUT2D eigenvalue weighted by Crippen LogP contribution is 2.26. The summed E-state index contributed by atoms with van der Waals surface area (Å²) in [5, 5.41) is 56.6. The Kier molecular flexibility index (Phi) is 41.9. The molecule has 1 heterocycles. The van der Waals surface area contributed by atoms with Gasteiger partial charge in [-0.25, -0.2) is 0 Å². The van der Waals surface area contributed by atoms with Gasteiger partial charge in [0.1, 0.15) is 24.4 Å². The van der Waals surface area contributed by atoms with Crippen LogP contribution in [0.2, 0.25) is 0 Å². The van der Waals surface area contributed by atoms with Gasteiger partial charge >= 0.3 is 5.97 Å². The van der Waals surface area contributed by atoms with Gasteiger partial charge in [-0.2, -0.15) is 0 Å². The third kappa shape index (κ3) is 33.7. The molecule has 0 bridgehead atoms. The zero-order chi connectivity index (χ0) is 49.0. The molecule has 0 aromatic heterocycles. The molecule has 0 aromatic rings. The van der Waals surface area contributed by atoms with Crippen molar-refractivity contribution in [1.82, 2.24) is 5.32 Å². The van der Waals surface area contributed by atoms with Crippen LogP contribution in [0.25, 0.3) is 0 Å². The molecule has 390 valence electrons. The van der Waals surface area contributed by atoms with Crippen LogP contribution >= 0.6 is 0 Å². The molecule has 1 saturated heterocycles. The van der Waals surface area contributed by atoms with Gasteiger partial charge in [0.25, 0.3) is 0 Å². The molecule has 8 unspecified atom stereocenters. The molecule has 1 rings (SSSR count). The van der Waals surface area contributed by atoms with E-state index in [9.17, 15) is 35.1 Å². The lowest BCUT2D eigenvalue weighted by Crippen LogP contribution is -2.61. The maximum absolute atomic E-state index is 13.3. The van der Waals surface area contributed by atoms with Gasteiger partial charge in [-0.15, -0.1) is 0 Å². The number of carbonyl (C=O) groups excluding carboxylic acids is 2. The van der Waals surface area contributed by atoms with Gasteiger partial charge in [0, 0.05) is 6.42 Å². The number of aliphatic hydroxyl groups excluding tert-OH is 5. The monoisotopic (exact) mass is 948 g/mol. The lowest BCUT2D eigenvalue weighted by Gasteiger charge is -2.41. The van der Waals surface area contributed by atoms with Gasteiger partial charge in [-0.05, 0) is 77.0 Å². The van der Waals surface area contributed by atoms with Crippen molar-refractivity contribution in [2.45, 2.75) is 282 Å². The zero-order valence-corrected chi connectivity index (χ0v) is 42.8. The van der Waals surface area contributed by atoms with Crippen LogP contribution in [0.5, 0.6) is 0 Å². The molecular formula is C56H101NO10. The molecule has 0 radical (unpaired) electrons. The van der Waals surface area contributed by atoms with Gasteiger partial charge in [0.15, 0.2) is 12.4 Å². The second-order valence-corrected chi connectivity index (χ2v) is 18.9. The highest BCUT2D eigenvalue weighted by molar-refractivity contribution is 5.80. The molecule has 1 fully saturated rings. The lowest BCUT2D eigenvalue weighted by atomic mass is 9.99. The molecule has 11 nitrogen and oxygen atoms in total. The molecule has 6 N–H and O–H groups in total. The first kappa shape index (κ1) is 62.6. The lowest BCUT2D eigenvalue weighted by molar-refractivity contribution is -0.305. The number of esters is 1. The van der Waals surface area contributed by atoms with Crippen LogP contribution in [0.3, 0.4) is 0 Å². The Morgan fingerprint density at radius 2 is 1.07 bits per heavy atom. The van der Waals surface area contributed by atoms with Crippen molar-refractivity contribution >= 4 is 11.9 Å². The topological polar surface area (TPSA) is 175 Å². The number of allylic oxidation sites excluding steroid dienone is 7. The minimum absolute atomic E-state index is 0.102. The number of rotatable bonds is 45. The molecule has 8 atom stereocenters. The fraction of sp³-hybridized carbons (Fsp3) is 0.821. The summed E-state index contributed by atoms with van der Waals surface area (Å²) in [6.07, 6.45) is 41.6. The number of aliphatic hydroxyl groups is 5. The normalized spacial score (nSPS) is 20.4. The quantitative estimate of drug-likeness (QED) is 0.0196. The molecule has 0 aliphatic carbocycles. The number of hydrogen-bond donors (Lipinski definition) is 6. The van der Waals surface area contributed by atoms with E-state index in [0.29, 0.717) is 12.8 Å². The molecule has 11 heteroatoms. The van der Waals surface area contributed by atoms with E-state index in [1.54, 1.807) is 6.08 Å². The third-order valence-corrected chi connectivity index (χ3v) is 12.7. The highest BCUT2D eigenvalue weighted by atomic mass is 16.7. The predicted molar refractivity (Wildman–Crippen MR) is 273 cm³/mol. The number of hydrogen-bond acceptors (Lipinski definition) is 10. The second kappa shape index (κ2) is 44.8. The summed E-state index contributed by atoms with van der Waals surface area (Å²) in [6, 6.07) is -1.03. The van der Waals surface area contributed by atoms with Crippen LogP contribution in [0.4, 0.5) is 0 Å². The second-order valence-electron chi connectivity index (χ2n) is 18.9. The van der Waals surface area contributed by atoms with E-state index in [4.69, 9.17) is 14.2 Å². The first-order chi connectivity index (χ1) is 32.7. The van der Waals surface area contributed by atoms with Crippen LogP contribution in [0.1, 0.15) is 233 Å². The van der Waals surface area contributed by atoms with Crippen LogP contribution in [0.15, 0.2) is 48.6 Å². The molecule has 0 aromatic carbocycles. The summed E-state index contributed by atoms with van der Waals surface area (Å²) in [6.45, 7) is 5.63. The van der Waals surface area contributed by atoms with E-state index in [2.05, 4.69) is 62.5 Å². The Morgan fingerprint density at radius 1 is 0.597 bits per heavy atom. The van der Waals surface area contributed by atoms with Crippen molar-refractivity contribution in [1.29, 1.82) is 0 Å². The van der Waals surface area contributed by atoms with Crippen molar-refractivity contribution in [3.63, 3.8) is 0 Å². The third-order valence-electron chi connectivity index (χ3n) is 12.7. The maximum Gasteiger partial charge on any atom is 0.306 e. The van der Waals surface area contributed by atoms with E-state index in [-0.39, 0.29) is 19.4 Å². The summed E-state index contributed by atoms with van der Waals surface area (Å²) in [5.41, 5.74) is 0. The number of carbonyl (C=O) groups is 2. The van der Waals surface area contributed by atoms with Crippen molar-refractivity contribution in [2.75, 3.05) is 13.2 Å². The standard InChI is InChI=1S/C56H101NO10/c1-4-7-10-13-16-19-22-24-26-29-32-35-38-41-44-51(61)67-54-53(63)52(62)50(45-58)66-56(54)65-46-47(48(59)42-39-36-33-30-27-21-18-15-12-9-6-3)57-55(64)49(60)43-40-37-34-31-28-25-23-20-17-14-11-8-5-2/h8,11,17,20,26,29,39,42,47-50,52-54,56,58-60,62-63H,4-7,9-10,12-16,18-19,21-25,27-28,30-38,40-41,43-46H2,1-3H3,(H,57,64)/b11-8+,20-17+,29-26-,42-39+. The van der Waals surface area contributed by atoms with Gasteiger partial charge in [-0.3, -0.25) is 9.59 Å². The van der Waals surface area contributed by atoms with E-state index in [0.717, 1.165) is 96.3 Å². The summed E-state index contributed by atoms with van der Waals surface area (Å²) in [4.78, 5) is 26.4. The average Bonchev–Trinajstić information content (AvgIpc) is 3.32. The van der Waals surface area contributed by atoms with Crippen molar-refractivity contribution < 1.29 is 49.3 Å².